The maximum absolute atomic E-state index is 2.40. The van der Waals surface area contributed by atoms with Crippen molar-refractivity contribution >= 4 is 55.7 Å². The maximum Gasteiger partial charge on any atom is 0.0496 e. The molecule has 10 rings (SSSR count). The summed E-state index contributed by atoms with van der Waals surface area (Å²) in [6.45, 7) is 2.20. The molecule has 0 saturated carbocycles. The van der Waals surface area contributed by atoms with Crippen molar-refractivity contribution in [2.45, 2.75) is 6.92 Å². The summed E-state index contributed by atoms with van der Waals surface area (Å²) in [5.41, 5.74) is 15.8. The number of fused-ring (bicyclic) bond motifs is 6. The summed E-state index contributed by atoms with van der Waals surface area (Å²) in [7, 11) is 0. The van der Waals surface area contributed by atoms with Crippen molar-refractivity contribution in [1.82, 2.24) is 0 Å². The van der Waals surface area contributed by atoms with Gasteiger partial charge in [-0.1, -0.05) is 109 Å². The molecule has 0 saturated heterocycles. The third-order valence-corrected chi connectivity index (χ3v) is 10.6. The van der Waals surface area contributed by atoms with E-state index in [1.54, 1.807) is 0 Å². The molecule has 0 aliphatic heterocycles. The van der Waals surface area contributed by atoms with Gasteiger partial charge in [-0.25, -0.2) is 0 Å². The minimum atomic E-state index is 1.14. The van der Waals surface area contributed by atoms with Gasteiger partial charge in [0, 0.05) is 34.1 Å². The number of hydrogen-bond acceptors (Lipinski definition) is 2. The van der Waals surface area contributed by atoms with Gasteiger partial charge in [0.05, 0.1) is 0 Å². The molecule has 1 aliphatic rings. The first-order chi connectivity index (χ1) is 26.2. The Morgan fingerprint density at radius 1 is 0.283 bits per heavy atom. The molecule has 2 nitrogen and oxygen atoms in total. The van der Waals surface area contributed by atoms with Crippen molar-refractivity contribution in [1.29, 1.82) is 0 Å². The minimum absolute atomic E-state index is 1.14. The second-order valence-corrected chi connectivity index (χ2v) is 13.9. The highest BCUT2D eigenvalue weighted by atomic mass is 15.1. The molecule has 0 unspecified atom stereocenters. The van der Waals surface area contributed by atoms with E-state index >= 15 is 0 Å². The molecular formula is C51H36N2. The van der Waals surface area contributed by atoms with Crippen molar-refractivity contribution in [2.75, 3.05) is 9.80 Å². The molecule has 9 aromatic carbocycles. The van der Waals surface area contributed by atoms with E-state index in [1.165, 1.54) is 66.2 Å². The number of nitrogens with zero attached hydrogens (tertiary/aromatic N) is 2. The van der Waals surface area contributed by atoms with Crippen molar-refractivity contribution in [2.24, 2.45) is 0 Å². The standard InChI is InChI=1S/C51H36N2/c1-35-22-23-39(36-14-6-2-7-15-36)34-51(35)53(44-20-12-5-13-21-44)46-27-25-38-31-48-49-32-40-28-45(26-24-37(40)30-47(49)50(48)33-41(38)29-46)52(42-16-8-3-9-17-42)43-18-10-4-11-19-43/h2-34H,1H3. The van der Waals surface area contributed by atoms with Crippen LogP contribution in [0, 0.1) is 6.92 Å². The number of hydrogen-bond donors (Lipinski definition) is 0. The van der Waals surface area contributed by atoms with Crippen LogP contribution in [0.25, 0.3) is 54.9 Å². The van der Waals surface area contributed by atoms with Gasteiger partial charge in [-0.05, 0) is 158 Å². The topological polar surface area (TPSA) is 6.48 Å². The van der Waals surface area contributed by atoms with Crippen molar-refractivity contribution < 1.29 is 0 Å². The molecule has 0 heterocycles. The van der Waals surface area contributed by atoms with Gasteiger partial charge in [-0.3, -0.25) is 0 Å². The van der Waals surface area contributed by atoms with Crippen LogP contribution in [-0.4, -0.2) is 0 Å². The number of benzene rings is 9. The molecule has 0 aromatic heterocycles. The Bertz CT molecular complexity index is 2730. The zero-order valence-electron chi connectivity index (χ0n) is 29.4. The summed E-state index contributed by atoms with van der Waals surface area (Å²) >= 11 is 0. The molecule has 0 spiro atoms. The first-order valence-electron chi connectivity index (χ1n) is 18.3. The Morgan fingerprint density at radius 3 is 1.19 bits per heavy atom. The van der Waals surface area contributed by atoms with E-state index in [9.17, 15) is 0 Å². The molecule has 0 fully saturated rings. The Balaban J connectivity index is 1.04. The highest BCUT2D eigenvalue weighted by molar-refractivity contribution is 6.12. The average molecular weight is 677 g/mol. The van der Waals surface area contributed by atoms with E-state index in [2.05, 4.69) is 217 Å². The number of aryl methyl sites for hydroxylation is 1. The second kappa shape index (κ2) is 12.7. The van der Waals surface area contributed by atoms with Gasteiger partial charge in [-0.15, -0.1) is 0 Å². The quantitative estimate of drug-likeness (QED) is 0.166. The van der Waals surface area contributed by atoms with Gasteiger partial charge in [0.2, 0.25) is 0 Å². The average Bonchev–Trinajstić information content (AvgIpc) is 3.22. The molecule has 1 aliphatic carbocycles. The third-order valence-electron chi connectivity index (χ3n) is 10.6. The van der Waals surface area contributed by atoms with E-state index < -0.39 is 0 Å². The number of rotatable bonds is 7. The van der Waals surface area contributed by atoms with Gasteiger partial charge in [0.15, 0.2) is 0 Å². The zero-order chi connectivity index (χ0) is 35.3. The Kier molecular flexibility index (Phi) is 7.40. The molecule has 53 heavy (non-hydrogen) atoms. The van der Waals surface area contributed by atoms with Gasteiger partial charge < -0.3 is 9.80 Å². The molecule has 0 atom stereocenters. The summed E-state index contributed by atoms with van der Waals surface area (Å²) < 4.78 is 0. The lowest BCUT2D eigenvalue weighted by Gasteiger charge is -2.29. The summed E-state index contributed by atoms with van der Waals surface area (Å²) in [6.07, 6.45) is 0. The summed E-state index contributed by atoms with van der Waals surface area (Å²) in [5, 5.41) is 4.97. The van der Waals surface area contributed by atoms with Crippen LogP contribution >= 0.6 is 0 Å². The molecule has 2 heteroatoms. The van der Waals surface area contributed by atoms with Gasteiger partial charge in [0.1, 0.15) is 0 Å². The fourth-order valence-electron chi connectivity index (χ4n) is 7.94. The normalized spacial score (nSPS) is 11.5. The van der Waals surface area contributed by atoms with Crippen LogP contribution in [0.1, 0.15) is 5.56 Å². The first-order valence-corrected chi connectivity index (χ1v) is 18.3. The fourth-order valence-corrected chi connectivity index (χ4v) is 7.94. The van der Waals surface area contributed by atoms with Crippen LogP contribution in [0.15, 0.2) is 200 Å². The third kappa shape index (κ3) is 5.44. The van der Waals surface area contributed by atoms with Gasteiger partial charge in [0.25, 0.3) is 0 Å². The van der Waals surface area contributed by atoms with E-state index in [-0.39, 0.29) is 0 Å². The maximum atomic E-state index is 2.40. The lowest BCUT2D eigenvalue weighted by Crippen LogP contribution is -2.11. The molecule has 9 aromatic rings. The molecule has 0 amide bonds. The largest absolute Gasteiger partial charge is 0.310 e. The summed E-state index contributed by atoms with van der Waals surface area (Å²) in [6, 6.07) is 72.6. The van der Waals surface area contributed by atoms with Crippen LogP contribution in [0.3, 0.4) is 0 Å². The fraction of sp³-hybridized carbons (Fsp3) is 0.0196. The van der Waals surface area contributed by atoms with Crippen molar-refractivity contribution in [3.63, 3.8) is 0 Å². The molecule has 250 valence electrons. The first kappa shape index (κ1) is 30.9. The second-order valence-electron chi connectivity index (χ2n) is 13.9. The zero-order valence-corrected chi connectivity index (χ0v) is 29.4. The predicted octanol–water partition coefficient (Wildman–Crippen LogP) is 14.6. The SMILES string of the molecule is Cc1ccc(-c2ccccc2)cc1N(c1ccccc1)c1ccc2cc3c(cc2c1)-c1cc2ccc(N(c4ccccc4)c4ccccc4)cc2cc1-3. The molecule has 0 bridgehead atoms. The van der Waals surface area contributed by atoms with Gasteiger partial charge >= 0.3 is 0 Å². The highest BCUT2D eigenvalue weighted by Gasteiger charge is 2.25. The van der Waals surface area contributed by atoms with E-state index in [0.29, 0.717) is 0 Å². The van der Waals surface area contributed by atoms with Crippen LogP contribution in [0.4, 0.5) is 34.1 Å². The molecule has 0 radical (unpaired) electrons. The lowest BCUT2D eigenvalue weighted by atomic mass is 9.78. The van der Waals surface area contributed by atoms with E-state index in [4.69, 9.17) is 0 Å². The van der Waals surface area contributed by atoms with E-state index in [0.717, 1.165) is 28.4 Å². The molecule has 0 N–H and O–H groups in total. The van der Waals surface area contributed by atoms with Crippen molar-refractivity contribution in [3.05, 3.63) is 206 Å². The van der Waals surface area contributed by atoms with Gasteiger partial charge in [-0.2, -0.15) is 0 Å². The Hall–Kier alpha value is -6.90. The predicted molar refractivity (Wildman–Crippen MR) is 225 cm³/mol. The van der Waals surface area contributed by atoms with Crippen LogP contribution in [0.2, 0.25) is 0 Å². The Morgan fingerprint density at radius 2 is 0.698 bits per heavy atom. The number of para-hydroxylation sites is 3. The lowest BCUT2D eigenvalue weighted by molar-refractivity contribution is 1.25. The van der Waals surface area contributed by atoms with E-state index in [1.807, 2.05) is 0 Å². The van der Waals surface area contributed by atoms with Crippen LogP contribution in [-0.2, 0) is 0 Å². The smallest absolute Gasteiger partial charge is 0.0496 e. The van der Waals surface area contributed by atoms with Crippen LogP contribution < -0.4 is 9.80 Å². The van der Waals surface area contributed by atoms with Crippen LogP contribution in [0.5, 0.6) is 0 Å². The number of anilines is 6. The Labute approximate surface area is 310 Å². The minimum Gasteiger partial charge on any atom is -0.310 e. The molecular weight excluding hydrogens is 641 g/mol. The summed E-state index contributed by atoms with van der Waals surface area (Å²) in [5.74, 6) is 0. The summed E-state index contributed by atoms with van der Waals surface area (Å²) in [4.78, 5) is 4.73. The van der Waals surface area contributed by atoms with Crippen molar-refractivity contribution in [3.8, 4) is 33.4 Å². The highest BCUT2D eigenvalue weighted by Crippen LogP contribution is 2.51. The monoisotopic (exact) mass is 676 g/mol.